The fourth-order valence-corrected chi connectivity index (χ4v) is 3.14. The smallest absolute Gasteiger partial charge is 0.416 e. The minimum Gasteiger partial charge on any atom is -0.489 e. The number of aliphatic carboxylic acids is 1. The van der Waals surface area contributed by atoms with Crippen LogP contribution in [0.15, 0.2) is 66.7 Å². The van der Waals surface area contributed by atoms with Crippen molar-refractivity contribution in [3.05, 3.63) is 89.0 Å². The summed E-state index contributed by atoms with van der Waals surface area (Å²) in [6.07, 6.45) is -3.80. The lowest BCUT2D eigenvalue weighted by Crippen LogP contribution is -2.04. The molecule has 0 amide bonds. The molecule has 0 saturated carbocycles. The van der Waals surface area contributed by atoms with Gasteiger partial charge in [0.25, 0.3) is 0 Å². The van der Waals surface area contributed by atoms with E-state index < -0.39 is 17.7 Å². The molecule has 0 fully saturated rings. The summed E-state index contributed by atoms with van der Waals surface area (Å²) >= 11 is 0. The molecular weight excluding hydrogens is 393 g/mol. The van der Waals surface area contributed by atoms with Crippen molar-refractivity contribution in [1.82, 2.24) is 0 Å². The number of aryl methyl sites for hydroxylation is 2. The molecule has 1 N–H and O–H groups in total. The minimum atomic E-state index is -4.35. The summed E-state index contributed by atoms with van der Waals surface area (Å²) < 4.78 is 44.1. The van der Waals surface area contributed by atoms with Crippen molar-refractivity contribution < 1.29 is 27.8 Å². The predicted molar refractivity (Wildman–Crippen MR) is 108 cm³/mol. The lowest BCUT2D eigenvalue weighted by molar-refractivity contribution is -0.138. The van der Waals surface area contributed by atoms with Crippen LogP contribution in [0.25, 0.3) is 11.1 Å². The summed E-state index contributed by atoms with van der Waals surface area (Å²) in [6.45, 7) is 2.22. The third-order valence-corrected chi connectivity index (χ3v) is 4.80. The number of alkyl halides is 3. The number of carboxylic acids is 1. The number of carboxylic acid groups (broad SMARTS) is 1. The van der Waals surface area contributed by atoms with Crippen LogP contribution in [-0.4, -0.2) is 11.1 Å². The van der Waals surface area contributed by atoms with Crippen molar-refractivity contribution in [2.24, 2.45) is 0 Å². The Bertz CT molecular complexity index is 1020. The summed E-state index contributed by atoms with van der Waals surface area (Å²) in [7, 11) is 0. The number of halogens is 3. The van der Waals surface area contributed by atoms with Crippen molar-refractivity contribution in [2.45, 2.75) is 32.5 Å². The highest BCUT2D eigenvalue weighted by molar-refractivity contribution is 5.67. The van der Waals surface area contributed by atoms with E-state index in [4.69, 9.17) is 9.84 Å². The van der Waals surface area contributed by atoms with Crippen LogP contribution in [0.1, 0.15) is 28.7 Å². The zero-order chi connectivity index (χ0) is 21.7. The van der Waals surface area contributed by atoms with Crippen LogP contribution < -0.4 is 4.74 Å². The Morgan fingerprint density at radius 3 is 2.33 bits per heavy atom. The van der Waals surface area contributed by atoms with Gasteiger partial charge in [0.1, 0.15) is 12.4 Å². The summed E-state index contributed by atoms with van der Waals surface area (Å²) in [4.78, 5) is 10.7. The van der Waals surface area contributed by atoms with Gasteiger partial charge in [-0.25, -0.2) is 0 Å². The Hall–Kier alpha value is -3.28. The molecule has 3 aromatic carbocycles. The van der Waals surface area contributed by atoms with Gasteiger partial charge in [-0.05, 0) is 71.5 Å². The van der Waals surface area contributed by atoms with Gasteiger partial charge in [-0.3, -0.25) is 4.79 Å². The highest BCUT2D eigenvalue weighted by Crippen LogP contribution is 2.31. The standard InChI is InChI=1S/C24H21F3O3/c1-16-13-22(11-7-18(16)8-12-23(28)29)30-15-17-3-2-4-20(14-17)19-5-9-21(10-6-19)24(25,26)27/h2-7,9-11,13-14H,8,12,15H2,1H3,(H,28,29). The highest BCUT2D eigenvalue weighted by atomic mass is 19.4. The molecule has 0 aliphatic rings. The molecular formula is C24H21F3O3. The van der Waals surface area contributed by atoms with Gasteiger partial charge < -0.3 is 9.84 Å². The van der Waals surface area contributed by atoms with Crippen LogP contribution in [0.5, 0.6) is 5.75 Å². The third kappa shape index (κ3) is 5.63. The molecule has 0 spiro atoms. The van der Waals surface area contributed by atoms with Gasteiger partial charge in [0.05, 0.1) is 5.56 Å². The zero-order valence-electron chi connectivity index (χ0n) is 16.4. The molecule has 0 bridgehead atoms. The first-order chi connectivity index (χ1) is 14.2. The van der Waals surface area contributed by atoms with Crippen molar-refractivity contribution in [1.29, 1.82) is 0 Å². The van der Waals surface area contributed by atoms with Gasteiger partial charge in [0.15, 0.2) is 0 Å². The molecule has 0 atom stereocenters. The molecule has 3 nitrogen and oxygen atoms in total. The molecule has 6 heteroatoms. The van der Waals surface area contributed by atoms with Crippen LogP contribution in [0.3, 0.4) is 0 Å². The Labute approximate surface area is 172 Å². The van der Waals surface area contributed by atoms with Crippen LogP contribution in [0, 0.1) is 6.92 Å². The molecule has 0 aliphatic carbocycles. The molecule has 0 aromatic heterocycles. The van der Waals surface area contributed by atoms with E-state index in [-0.39, 0.29) is 6.42 Å². The maximum absolute atomic E-state index is 12.7. The quantitative estimate of drug-likeness (QED) is 0.495. The number of ether oxygens (including phenoxy) is 1. The van der Waals surface area contributed by atoms with Gasteiger partial charge >= 0.3 is 12.1 Å². The second-order valence-electron chi connectivity index (χ2n) is 7.05. The number of benzene rings is 3. The molecule has 3 rings (SSSR count). The molecule has 0 aliphatic heterocycles. The summed E-state index contributed by atoms with van der Waals surface area (Å²) in [5.41, 5.74) is 3.66. The SMILES string of the molecule is Cc1cc(OCc2cccc(-c3ccc(C(F)(F)F)cc3)c2)ccc1CCC(=O)O. The third-order valence-electron chi connectivity index (χ3n) is 4.80. The Kier molecular flexibility index (Phi) is 6.45. The number of rotatable bonds is 7. The van der Waals surface area contributed by atoms with Crippen molar-refractivity contribution in [3.63, 3.8) is 0 Å². The van der Waals surface area contributed by atoms with Gasteiger partial charge in [0.2, 0.25) is 0 Å². The average Bonchev–Trinajstić information content (AvgIpc) is 2.71. The largest absolute Gasteiger partial charge is 0.489 e. The highest BCUT2D eigenvalue weighted by Gasteiger charge is 2.29. The van der Waals surface area contributed by atoms with Crippen molar-refractivity contribution in [3.8, 4) is 16.9 Å². The first-order valence-corrected chi connectivity index (χ1v) is 9.43. The molecule has 0 saturated heterocycles. The molecule has 0 unspecified atom stereocenters. The van der Waals surface area contributed by atoms with E-state index in [2.05, 4.69) is 0 Å². The van der Waals surface area contributed by atoms with Crippen molar-refractivity contribution in [2.75, 3.05) is 0 Å². The molecule has 3 aromatic rings. The first-order valence-electron chi connectivity index (χ1n) is 9.43. The van der Waals surface area contributed by atoms with Crippen LogP contribution in [0.2, 0.25) is 0 Å². The van der Waals surface area contributed by atoms with Gasteiger partial charge in [-0.2, -0.15) is 13.2 Å². The van der Waals surface area contributed by atoms with E-state index in [9.17, 15) is 18.0 Å². The fourth-order valence-electron chi connectivity index (χ4n) is 3.14. The van der Waals surface area contributed by atoms with Crippen LogP contribution in [0.4, 0.5) is 13.2 Å². The van der Waals surface area contributed by atoms with Crippen LogP contribution >= 0.6 is 0 Å². The second-order valence-corrected chi connectivity index (χ2v) is 7.05. The second kappa shape index (κ2) is 9.03. The Balaban J connectivity index is 1.67. The molecule has 156 valence electrons. The zero-order valence-corrected chi connectivity index (χ0v) is 16.4. The minimum absolute atomic E-state index is 0.0811. The van der Waals surface area contributed by atoms with E-state index in [0.29, 0.717) is 24.3 Å². The van der Waals surface area contributed by atoms with Gasteiger partial charge in [0, 0.05) is 6.42 Å². The lowest BCUT2D eigenvalue weighted by Gasteiger charge is -2.11. The van der Waals surface area contributed by atoms with E-state index >= 15 is 0 Å². The molecule has 0 radical (unpaired) electrons. The summed E-state index contributed by atoms with van der Waals surface area (Å²) in [5.74, 6) is -0.158. The molecule has 0 heterocycles. The van der Waals surface area contributed by atoms with E-state index in [0.717, 1.165) is 34.4 Å². The van der Waals surface area contributed by atoms with Crippen molar-refractivity contribution >= 4 is 5.97 Å². The fraction of sp³-hybridized carbons (Fsp3) is 0.208. The number of hydrogen-bond acceptors (Lipinski definition) is 2. The van der Waals surface area contributed by atoms with Gasteiger partial charge in [-0.15, -0.1) is 0 Å². The summed E-state index contributed by atoms with van der Waals surface area (Å²) in [5, 5.41) is 8.81. The lowest BCUT2D eigenvalue weighted by atomic mass is 10.0. The normalized spacial score (nSPS) is 11.3. The van der Waals surface area contributed by atoms with Gasteiger partial charge in [-0.1, -0.05) is 36.4 Å². The Morgan fingerprint density at radius 1 is 0.967 bits per heavy atom. The van der Waals surface area contributed by atoms with E-state index in [1.165, 1.54) is 12.1 Å². The topological polar surface area (TPSA) is 46.5 Å². The predicted octanol–water partition coefficient (Wildman–Crippen LogP) is 6.28. The maximum atomic E-state index is 12.7. The van der Waals surface area contributed by atoms with E-state index in [1.807, 2.05) is 49.4 Å². The molecule has 30 heavy (non-hydrogen) atoms. The first kappa shape index (κ1) is 21.4. The average molecular weight is 414 g/mol. The number of hydrogen-bond donors (Lipinski definition) is 1. The summed E-state index contributed by atoms with van der Waals surface area (Å²) in [6, 6.07) is 18.1. The monoisotopic (exact) mass is 414 g/mol. The van der Waals surface area contributed by atoms with E-state index in [1.54, 1.807) is 0 Å². The van der Waals surface area contributed by atoms with Crippen LogP contribution in [-0.2, 0) is 24.0 Å². The Morgan fingerprint density at radius 2 is 1.70 bits per heavy atom. The number of carbonyl (C=O) groups is 1. The maximum Gasteiger partial charge on any atom is 0.416 e.